The Morgan fingerprint density at radius 1 is 1.00 bits per heavy atom. The minimum atomic E-state index is 0.579. The summed E-state index contributed by atoms with van der Waals surface area (Å²) in [6, 6.07) is 12.3. The second-order valence-corrected chi connectivity index (χ2v) is 7.75. The third-order valence-electron chi connectivity index (χ3n) is 5.57. The summed E-state index contributed by atoms with van der Waals surface area (Å²) in [5.41, 5.74) is 3.49. The molecule has 9 nitrogen and oxygen atoms in total. The molecule has 9 heteroatoms. The molecule has 32 heavy (non-hydrogen) atoms. The SMILES string of the molecule is c1ccc(CCc2nccc(-c3[nH]nc4nc(NCCN5CCOCC5)ncc34)n2)cc1. The molecule has 4 heterocycles. The molecule has 1 fully saturated rings. The number of fused-ring (bicyclic) bond motifs is 1. The maximum absolute atomic E-state index is 5.38. The molecule has 0 radical (unpaired) electrons. The van der Waals surface area contributed by atoms with Crippen LogP contribution >= 0.6 is 0 Å². The quantitative estimate of drug-likeness (QED) is 0.439. The molecule has 2 N–H and O–H groups in total. The summed E-state index contributed by atoms with van der Waals surface area (Å²) in [6.45, 7) is 5.25. The van der Waals surface area contributed by atoms with Crippen molar-refractivity contribution in [1.29, 1.82) is 0 Å². The molecule has 3 aromatic heterocycles. The molecule has 1 saturated heterocycles. The number of nitrogens with zero attached hydrogens (tertiary/aromatic N) is 6. The van der Waals surface area contributed by atoms with Gasteiger partial charge in [0, 0.05) is 45.0 Å². The lowest BCUT2D eigenvalue weighted by atomic mass is 10.1. The number of aromatic nitrogens is 6. The molecule has 1 aliphatic heterocycles. The van der Waals surface area contributed by atoms with Crippen molar-refractivity contribution in [2.75, 3.05) is 44.7 Å². The highest BCUT2D eigenvalue weighted by molar-refractivity contribution is 5.89. The molecular formula is C23H26N8O. The number of ether oxygens (including phenoxy) is 1. The number of hydrogen-bond acceptors (Lipinski definition) is 8. The number of nitrogens with one attached hydrogen (secondary N) is 2. The van der Waals surface area contributed by atoms with Crippen molar-refractivity contribution in [3.63, 3.8) is 0 Å². The molecule has 164 valence electrons. The van der Waals surface area contributed by atoms with Gasteiger partial charge in [0.25, 0.3) is 0 Å². The summed E-state index contributed by atoms with van der Waals surface area (Å²) in [4.78, 5) is 20.6. The first kappa shape index (κ1) is 20.5. The van der Waals surface area contributed by atoms with E-state index in [0.29, 0.717) is 11.6 Å². The minimum absolute atomic E-state index is 0.579. The van der Waals surface area contributed by atoms with E-state index in [-0.39, 0.29) is 0 Å². The van der Waals surface area contributed by atoms with Crippen molar-refractivity contribution in [2.45, 2.75) is 12.8 Å². The summed E-state index contributed by atoms with van der Waals surface area (Å²) < 4.78 is 5.38. The predicted molar refractivity (Wildman–Crippen MR) is 122 cm³/mol. The fourth-order valence-corrected chi connectivity index (χ4v) is 3.79. The van der Waals surface area contributed by atoms with Crippen molar-refractivity contribution in [1.82, 2.24) is 35.0 Å². The number of aromatic amines is 1. The molecule has 0 aliphatic carbocycles. The molecule has 0 saturated carbocycles. The number of rotatable bonds is 8. The lowest BCUT2D eigenvalue weighted by Gasteiger charge is -2.26. The van der Waals surface area contributed by atoms with Crippen LogP contribution in [0.15, 0.2) is 48.8 Å². The van der Waals surface area contributed by atoms with Crippen molar-refractivity contribution < 1.29 is 4.74 Å². The molecular weight excluding hydrogens is 404 g/mol. The molecule has 1 aromatic carbocycles. The summed E-state index contributed by atoms with van der Waals surface area (Å²) in [5.74, 6) is 1.38. The first-order valence-electron chi connectivity index (χ1n) is 11.0. The Balaban J connectivity index is 1.25. The van der Waals surface area contributed by atoms with Gasteiger partial charge >= 0.3 is 0 Å². The molecule has 0 atom stereocenters. The lowest BCUT2D eigenvalue weighted by molar-refractivity contribution is 0.0398. The Morgan fingerprint density at radius 2 is 1.88 bits per heavy atom. The van der Waals surface area contributed by atoms with E-state index in [2.05, 4.69) is 59.6 Å². The van der Waals surface area contributed by atoms with Crippen molar-refractivity contribution in [3.05, 3.63) is 60.2 Å². The fourth-order valence-electron chi connectivity index (χ4n) is 3.79. The average molecular weight is 431 g/mol. The van der Waals surface area contributed by atoms with Crippen LogP contribution < -0.4 is 5.32 Å². The maximum Gasteiger partial charge on any atom is 0.224 e. The maximum atomic E-state index is 5.38. The second kappa shape index (κ2) is 9.80. The van der Waals surface area contributed by atoms with Crippen molar-refractivity contribution >= 4 is 17.0 Å². The molecule has 4 aromatic rings. The van der Waals surface area contributed by atoms with Crippen LogP contribution in [0.2, 0.25) is 0 Å². The highest BCUT2D eigenvalue weighted by Gasteiger charge is 2.13. The monoisotopic (exact) mass is 430 g/mol. The van der Waals surface area contributed by atoms with Gasteiger partial charge in [-0.1, -0.05) is 30.3 Å². The molecule has 0 amide bonds. The normalized spacial score (nSPS) is 14.6. The van der Waals surface area contributed by atoms with Crippen LogP contribution in [0.3, 0.4) is 0 Å². The zero-order valence-electron chi connectivity index (χ0n) is 17.9. The Labute approximate surface area is 186 Å². The van der Waals surface area contributed by atoms with Crippen LogP contribution in [0, 0.1) is 0 Å². The van der Waals surface area contributed by atoms with E-state index in [1.54, 1.807) is 12.4 Å². The highest BCUT2D eigenvalue weighted by atomic mass is 16.5. The van der Waals surface area contributed by atoms with Gasteiger partial charge in [-0.3, -0.25) is 10.00 Å². The Hall–Kier alpha value is -3.43. The first-order valence-corrected chi connectivity index (χ1v) is 11.0. The van der Waals surface area contributed by atoms with Crippen LogP contribution in [0.4, 0.5) is 5.95 Å². The molecule has 1 aliphatic rings. The molecule has 0 bridgehead atoms. The number of aryl methyl sites for hydroxylation is 2. The van der Waals surface area contributed by atoms with Gasteiger partial charge in [-0.25, -0.2) is 15.0 Å². The first-order chi connectivity index (χ1) is 15.8. The molecule has 5 rings (SSSR count). The van der Waals surface area contributed by atoms with Crippen LogP contribution in [0.1, 0.15) is 11.4 Å². The van der Waals surface area contributed by atoms with Gasteiger partial charge in [-0.15, -0.1) is 0 Å². The summed E-state index contributed by atoms with van der Waals surface area (Å²) in [7, 11) is 0. The summed E-state index contributed by atoms with van der Waals surface area (Å²) >= 11 is 0. The Morgan fingerprint density at radius 3 is 2.75 bits per heavy atom. The fraction of sp³-hybridized carbons (Fsp3) is 0.348. The van der Waals surface area contributed by atoms with E-state index in [1.165, 1.54) is 5.56 Å². The van der Waals surface area contributed by atoms with Crippen LogP contribution in [0.25, 0.3) is 22.4 Å². The second-order valence-electron chi connectivity index (χ2n) is 7.75. The van der Waals surface area contributed by atoms with Gasteiger partial charge in [0.2, 0.25) is 5.95 Å². The Bertz CT molecular complexity index is 1160. The zero-order chi connectivity index (χ0) is 21.6. The van der Waals surface area contributed by atoms with Crippen molar-refractivity contribution in [2.24, 2.45) is 0 Å². The van der Waals surface area contributed by atoms with Gasteiger partial charge in [0.1, 0.15) is 5.82 Å². The van der Waals surface area contributed by atoms with Gasteiger partial charge in [0.15, 0.2) is 5.65 Å². The average Bonchev–Trinajstić information content (AvgIpc) is 3.28. The number of hydrogen-bond donors (Lipinski definition) is 2. The predicted octanol–water partition coefficient (Wildman–Crippen LogP) is 2.34. The molecule has 0 spiro atoms. The van der Waals surface area contributed by atoms with E-state index < -0.39 is 0 Å². The van der Waals surface area contributed by atoms with Crippen LogP contribution in [-0.2, 0) is 17.6 Å². The van der Waals surface area contributed by atoms with Crippen molar-refractivity contribution in [3.8, 4) is 11.4 Å². The third-order valence-corrected chi connectivity index (χ3v) is 5.57. The number of morpholine rings is 1. The largest absolute Gasteiger partial charge is 0.379 e. The number of benzene rings is 1. The summed E-state index contributed by atoms with van der Waals surface area (Å²) in [5, 5.41) is 11.6. The zero-order valence-corrected chi connectivity index (χ0v) is 17.9. The van der Waals surface area contributed by atoms with Crippen LogP contribution in [-0.4, -0.2) is 74.4 Å². The minimum Gasteiger partial charge on any atom is -0.379 e. The van der Waals surface area contributed by atoms with E-state index in [9.17, 15) is 0 Å². The lowest BCUT2D eigenvalue weighted by Crippen LogP contribution is -2.39. The topological polar surface area (TPSA) is 105 Å². The number of anilines is 1. The standard InChI is InChI=1S/C23H26N8O/c1-2-4-17(5-3-1)6-7-20-24-9-8-19(27-20)21-18-16-26-23(28-22(18)30-29-21)25-10-11-31-12-14-32-15-13-31/h1-5,8-9,16H,6-7,10-15H2,(H2,25,26,28,29,30). The Kier molecular flexibility index (Phi) is 6.27. The van der Waals surface area contributed by atoms with Gasteiger partial charge < -0.3 is 10.1 Å². The third kappa shape index (κ3) is 4.90. The van der Waals surface area contributed by atoms with Gasteiger partial charge in [0.05, 0.1) is 30.0 Å². The molecule has 0 unspecified atom stereocenters. The highest BCUT2D eigenvalue weighted by Crippen LogP contribution is 2.23. The van der Waals surface area contributed by atoms with E-state index in [1.807, 2.05) is 12.1 Å². The van der Waals surface area contributed by atoms with E-state index in [0.717, 1.165) is 74.8 Å². The van der Waals surface area contributed by atoms with E-state index in [4.69, 9.17) is 9.72 Å². The smallest absolute Gasteiger partial charge is 0.224 e. The van der Waals surface area contributed by atoms with Gasteiger partial charge in [-0.05, 0) is 18.1 Å². The van der Waals surface area contributed by atoms with Gasteiger partial charge in [-0.2, -0.15) is 10.1 Å². The summed E-state index contributed by atoms with van der Waals surface area (Å²) in [6.07, 6.45) is 5.26. The van der Waals surface area contributed by atoms with E-state index >= 15 is 0 Å². The van der Waals surface area contributed by atoms with Crippen LogP contribution in [0.5, 0.6) is 0 Å². The number of H-pyrrole nitrogens is 1.